The van der Waals surface area contributed by atoms with E-state index in [0.29, 0.717) is 5.56 Å². The normalized spacial score (nSPS) is 11.6. The highest BCUT2D eigenvalue weighted by atomic mass is 19.4. The molecular formula is C11H9F3N4O2. The molecule has 2 aromatic heterocycles. The van der Waals surface area contributed by atoms with Crippen molar-refractivity contribution in [2.24, 2.45) is 0 Å². The Morgan fingerprint density at radius 1 is 1.30 bits per heavy atom. The van der Waals surface area contributed by atoms with Gasteiger partial charge >= 0.3 is 12.1 Å². The number of carbonyl (C=O) groups is 1. The summed E-state index contributed by atoms with van der Waals surface area (Å²) in [6, 6.07) is 2.96. The van der Waals surface area contributed by atoms with E-state index in [4.69, 9.17) is 5.11 Å². The van der Waals surface area contributed by atoms with Crippen molar-refractivity contribution in [1.29, 1.82) is 0 Å². The van der Waals surface area contributed by atoms with Gasteiger partial charge < -0.3 is 5.11 Å². The van der Waals surface area contributed by atoms with Gasteiger partial charge in [-0.1, -0.05) is 5.21 Å². The van der Waals surface area contributed by atoms with E-state index in [2.05, 4.69) is 15.3 Å². The zero-order valence-electron chi connectivity index (χ0n) is 10.0. The number of aromatic nitrogens is 4. The molecule has 0 aliphatic rings. The summed E-state index contributed by atoms with van der Waals surface area (Å²) in [5.41, 5.74) is 0.0344. The van der Waals surface area contributed by atoms with Crippen LogP contribution in [0.4, 0.5) is 13.2 Å². The first kappa shape index (κ1) is 14.0. The van der Waals surface area contributed by atoms with Gasteiger partial charge in [0.15, 0.2) is 5.69 Å². The van der Waals surface area contributed by atoms with E-state index >= 15 is 0 Å². The first-order valence-corrected chi connectivity index (χ1v) is 5.52. The summed E-state index contributed by atoms with van der Waals surface area (Å²) >= 11 is 0. The molecule has 0 spiro atoms. The Morgan fingerprint density at radius 3 is 2.50 bits per heavy atom. The number of carboxylic acids is 1. The molecule has 2 aromatic rings. The van der Waals surface area contributed by atoms with Crippen LogP contribution >= 0.6 is 0 Å². The van der Waals surface area contributed by atoms with Crippen LogP contribution in [0.5, 0.6) is 0 Å². The minimum Gasteiger partial charge on any atom is -0.476 e. The predicted octanol–water partition coefficient (Wildman–Crippen LogP) is 1.99. The standard InChI is InChI=1S/C11H9F3N4O2/c12-11(13,14)3-6-18-9(7-1-4-15-5-2-7)8(10(19)20)16-17-18/h1-2,4-5H,3,6H2,(H,19,20). The summed E-state index contributed by atoms with van der Waals surface area (Å²) < 4.78 is 37.7. The second-order valence-corrected chi connectivity index (χ2v) is 3.92. The number of alkyl halides is 3. The van der Waals surface area contributed by atoms with Crippen LogP contribution in [0.3, 0.4) is 0 Å². The summed E-state index contributed by atoms with van der Waals surface area (Å²) in [5.74, 6) is -1.35. The third kappa shape index (κ3) is 3.11. The van der Waals surface area contributed by atoms with E-state index < -0.39 is 30.8 Å². The number of halogens is 3. The maximum atomic E-state index is 12.3. The summed E-state index contributed by atoms with van der Waals surface area (Å²) in [4.78, 5) is 14.8. The van der Waals surface area contributed by atoms with Crippen molar-refractivity contribution in [3.8, 4) is 11.3 Å². The number of nitrogens with zero attached hydrogens (tertiary/aromatic N) is 4. The van der Waals surface area contributed by atoms with Gasteiger partial charge in [0, 0.05) is 18.0 Å². The van der Waals surface area contributed by atoms with Crippen LogP contribution in [0, 0.1) is 0 Å². The summed E-state index contributed by atoms with van der Waals surface area (Å²) in [5, 5.41) is 15.9. The third-order valence-corrected chi connectivity index (χ3v) is 2.50. The van der Waals surface area contributed by atoms with Crippen LogP contribution in [0.2, 0.25) is 0 Å². The number of hydrogen-bond donors (Lipinski definition) is 1. The Balaban J connectivity index is 2.41. The van der Waals surface area contributed by atoms with Crippen molar-refractivity contribution in [1.82, 2.24) is 20.0 Å². The van der Waals surface area contributed by atoms with Crippen molar-refractivity contribution >= 4 is 5.97 Å². The largest absolute Gasteiger partial charge is 0.476 e. The Labute approximate surface area is 110 Å². The van der Waals surface area contributed by atoms with E-state index in [9.17, 15) is 18.0 Å². The van der Waals surface area contributed by atoms with Crippen molar-refractivity contribution in [2.45, 2.75) is 19.1 Å². The van der Waals surface area contributed by atoms with Gasteiger partial charge in [-0.2, -0.15) is 13.2 Å². The van der Waals surface area contributed by atoms with E-state index in [0.717, 1.165) is 4.68 Å². The first-order chi connectivity index (χ1) is 9.38. The Hall–Kier alpha value is -2.45. The maximum absolute atomic E-state index is 12.3. The van der Waals surface area contributed by atoms with Crippen molar-refractivity contribution in [3.05, 3.63) is 30.2 Å². The molecule has 9 heteroatoms. The van der Waals surface area contributed by atoms with Crippen LogP contribution < -0.4 is 0 Å². The quantitative estimate of drug-likeness (QED) is 0.929. The van der Waals surface area contributed by atoms with Gasteiger partial charge in [0.2, 0.25) is 0 Å². The van der Waals surface area contributed by atoms with Crippen molar-refractivity contribution in [2.75, 3.05) is 0 Å². The number of aromatic carboxylic acids is 1. The molecule has 0 fully saturated rings. The zero-order chi connectivity index (χ0) is 14.8. The smallest absolute Gasteiger partial charge is 0.390 e. The molecular weight excluding hydrogens is 277 g/mol. The van der Waals surface area contributed by atoms with Crippen LogP contribution in [-0.2, 0) is 6.54 Å². The SMILES string of the molecule is O=C(O)c1nnn(CCC(F)(F)F)c1-c1ccncc1. The average molecular weight is 286 g/mol. The lowest BCUT2D eigenvalue weighted by Gasteiger charge is -2.09. The summed E-state index contributed by atoms with van der Waals surface area (Å²) in [6.07, 6.45) is -2.66. The van der Waals surface area contributed by atoms with E-state index in [-0.39, 0.29) is 5.69 Å². The van der Waals surface area contributed by atoms with Gasteiger partial charge in [0.05, 0.1) is 13.0 Å². The molecule has 0 unspecified atom stereocenters. The molecule has 0 saturated heterocycles. The molecule has 0 aliphatic carbocycles. The number of carboxylic acid groups (broad SMARTS) is 1. The minimum absolute atomic E-state index is 0.0316. The fourth-order valence-corrected chi connectivity index (χ4v) is 1.64. The molecule has 0 radical (unpaired) electrons. The topological polar surface area (TPSA) is 80.9 Å². The molecule has 2 heterocycles. The molecule has 0 bridgehead atoms. The summed E-state index contributed by atoms with van der Waals surface area (Å²) in [7, 11) is 0. The lowest BCUT2D eigenvalue weighted by atomic mass is 10.1. The van der Waals surface area contributed by atoms with Gasteiger partial charge in [0.25, 0.3) is 0 Å². The minimum atomic E-state index is -4.36. The van der Waals surface area contributed by atoms with E-state index in [1.807, 2.05) is 0 Å². The Morgan fingerprint density at radius 2 is 1.95 bits per heavy atom. The lowest BCUT2D eigenvalue weighted by Crippen LogP contribution is -2.14. The highest BCUT2D eigenvalue weighted by molar-refractivity contribution is 5.92. The number of pyridine rings is 1. The monoisotopic (exact) mass is 286 g/mol. The molecule has 20 heavy (non-hydrogen) atoms. The highest BCUT2D eigenvalue weighted by Gasteiger charge is 2.29. The fraction of sp³-hybridized carbons (Fsp3) is 0.273. The van der Waals surface area contributed by atoms with Gasteiger partial charge in [-0.3, -0.25) is 4.98 Å². The zero-order valence-corrected chi connectivity index (χ0v) is 10.0. The molecule has 6 nitrogen and oxygen atoms in total. The molecule has 0 atom stereocenters. The van der Waals surface area contributed by atoms with Gasteiger partial charge in [-0.15, -0.1) is 5.10 Å². The van der Waals surface area contributed by atoms with Gasteiger partial charge in [-0.05, 0) is 12.1 Å². The molecule has 106 valence electrons. The lowest BCUT2D eigenvalue weighted by molar-refractivity contribution is -0.137. The van der Waals surface area contributed by atoms with Crippen LogP contribution in [0.15, 0.2) is 24.5 Å². The number of aryl methyl sites for hydroxylation is 1. The molecule has 0 aliphatic heterocycles. The molecule has 0 aromatic carbocycles. The molecule has 0 saturated carbocycles. The van der Waals surface area contributed by atoms with Crippen LogP contribution in [0.25, 0.3) is 11.3 Å². The molecule has 0 amide bonds. The van der Waals surface area contributed by atoms with Gasteiger partial charge in [0.1, 0.15) is 5.69 Å². The van der Waals surface area contributed by atoms with Crippen LogP contribution in [0.1, 0.15) is 16.9 Å². The average Bonchev–Trinajstić information content (AvgIpc) is 2.80. The number of rotatable bonds is 4. The Kier molecular flexibility index (Phi) is 3.68. The third-order valence-electron chi connectivity index (χ3n) is 2.50. The van der Waals surface area contributed by atoms with Crippen molar-refractivity contribution in [3.63, 3.8) is 0 Å². The van der Waals surface area contributed by atoms with E-state index in [1.54, 1.807) is 0 Å². The first-order valence-electron chi connectivity index (χ1n) is 5.52. The second-order valence-electron chi connectivity index (χ2n) is 3.92. The second kappa shape index (κ2) is 5.27. The van der Waals surface area contributed by atoms with Gasteiger partial charge in [-0.25, -0.2) is 9.48 Å². The number of hydrogen-bond acceptors (Lipinski definition) is 4. The fourth-order valence-electron chi connectivity index (χ4n) is 1.64. The molecule has 2 rings (SSSR count). The van der Waals surface area contributed by atoms with Crippen molar-refractivity contribution < 1.29 is 23.1 Å². The van der Waals surface area contributed by atoms with Crippen LogP contribution in [-0.4, -0.2) is 37.2 Å². The van der Waals surface area contributed by atoms with E-state index in [1.165, 1.54) is 24.5 Å². The predicted molar refractivity (Wildman–Crippen MR) is 60.9 cm³/mol. The summed E-state index contributed by atoms with van der Waals surface area (Å²) in [6.45, 7) is -0.499. The highest BCUT2D eigenvalue weighted by Crippen LogP contribution is 2.25. The Bertz CT molecular complexity index is 610. The molecule has 1 N–H and O–H groups in total. The maximum Gasteiger partial charge on any atom is 0.390 e.